The minimum Gasteiger partial charge on any atom is -0.465 e. The second kappa shape index (κ2) is 9.16. The Hall–Kier alpha value is -1.65. The summed E-state index contributed by atoms with van der Waals surface area (Å²) < 4.78 is 17.1. The molecule has 1 aromatic carbocycles. The van der Waals surface area contributed by atoms with Crippen molar-refractivity contribution < 1.29 is 19.0 Å². The second-order valence-electron chi connectivity index (χ2n) is 7.64. The van der Waals surface area contributed by atoms with E-state index in [1.807, 2.05) is 51.1 Å². The van der Waals surface area contributed by atoms with Gasteiger partial charge >= 0.3 is 5.97 Å². The van der Waals surface area contributed by atoms with E-state index in [4.69, 9.17) is 14.2 Å². The van der Waals surface area contributed by atoms with E-state index in [2.05, 4.69) is 6.58 Å². The van der Waals surface area contributed by atoms with E-state index in [1.165, 1.54) is 0 Å². The smallest absolute Gasteiger partial charge is 0.311 e. The number of rotatable bonds is 8. The molecule has 1 heterocycles. The van der Waals surface area contributed by atoms with Crippen molar-refractivity contribution >= 4 is 5.97 Å². The molecule has 4 heteroatoms. The van der Waals surface area contributed by atoms with Crippen LogP contribution in [0.15, 0.2) is 42.5 Å². The number of carbonyl (C=O) groups is 1. The van der Waals surface area contributed by atoms with Crippen molar-refractivity contribution in [3.63, 3.8) is 0 Å². The zero-order valence-corrected chi connectivity index (χ0v) is 15.6. The Kier molecular flexibility index (Phi) is 7.21. The van der Waals surface area contributed by atoms with Crippen LogP contribution in [0.3, 0.4) is 0 Å². The second-order valence-corrected chi connectivity index (χ2v) is 7.64. The number of hydrogen-bond donors (Lipinski definition) is 0. The summed E-state index contributed by atoms with van der Waals surface area (Å²) in [4.78, 5) is 11.7. The maximum absolute atomic E-state index is 11.7. The first-order valence-electron chi connectivity index (χ1n) is 8.98. The Labute approximate surface area is 151 Å². The zero-order chi connectivity index (χ0) is 18.3. The summed E-state index contributed by atoms with van der Waals surface area (Å²) in [5, 5.41) is 0. The Balaban J connectivity index is 1.62. The molecular formula is C21H30O4. The molecule has 0 aliphatic carbocycles. The Bertz CT molecular complexity index is 559. The van der Waals surface area contributed by atoms with Gasteiger partial charge in [0, 0.05) is 0 Å². The molecule has 0 unspecified atom stereocenters. The van der Waals surface area contributed by atoms with Crippen molar-refractivity contribution in [1.29, 1.82) is 0 Å². The third kappa shape index (κ3) is 6.63. The van der Waals surface area contributed by atoms with Crippen LogP contribution < -0.4 is 0 Å². The molecule has 1 aromatic rings. The van der Waals surface area contributed by atoms with Gasteiger partial charge in [-0.05, 0) is 51.2 Å². The van der Waals surface area contributed by atoms with Crippen LogP contribution in [-0.2, 0) is 25.6 Å². The van der Waals surface area contributed by atoms with E-state index >= 15 is 0 Å². The lowest BCUT2D eigenvalue weighted by Gasteiger charge is -2.17. The molecule has 25 heavy (non-hydrogen) atoms. The lowest BCUT2D eigenvalue weighted by Crippen LogP contribution is -2.23. The van der Waals surface area contributed by atoms with Crippen LogP contribution >= 0.6 is 0 Å². The van der Waals surface area contributed by atoms with Crippen LogP contribution in [0.4, 0.5) is 0 Å². The summed E-state index contributed by atoms with van der Waals surface area (Å²) in [6.07, 6.45) is 2.63. The normalized spacial score (nSPS) is 20.7. The third-order valence-corrected chi connectivity index (χ3v) is 4.20. The van der Waals surface area contributed by atoms with Crippen molar-refractivity contribution in [2.75, 3.05) is 13.2 Å². The Morgan fingerprint density at radius 2 is 2.00 bits per heavy atom. The maximum Gasteiger partial charge on any atom is 0.311 e. The highest BCUT2D eigenvalue weighted by Crippen LogP contribution is 2.27. The fraction of sp³-hybridized carbons (Fsp3) is 0.571. The molecule has 138 valence electrons. The highest BCUT2D eigenvalue weighted by atomic mass is 16.5. The van der Waals surface area contributed by atoms with Crippen molar-refractivity contribution in [2.24, 2.45) is 5.41 Å². The molecule has 1 aliphatic heterocycles. The molecule has 1 saturated heterocycles. The quantitative estimate of drug-likeness (QED) is 0.400. The van der Waals surface area contributed by atoms with E-state index in [-0.39, 0.29) is 18.2 Å². The van der Waals surface area contributed by atoms with Gasteiger partial charge in [-0.2, -0.15) is 0 Å². The van der Waals surface area contributed by atoms with Crippen molar-refractivity contribution in [3.05, 3.63) is 48.0 Å². The predicted molar refractivity (Wildman–Crippen MR) is 98.2 cm³/mol. The average molecular weight is 346 g/mol. The van der Waals surface area contributed by atoms with E-state index in [1.54, 1.807) is 0 Å². The molecule has 0 aromatic heterocycles. The molecule has 0 saturated carbocycles. The Morgan fingerprint density at radius 1 is 1.28 bits per heavy atom. The minimum absolute atomic E-state index is 0.0363. The molecule has 0 radical (unpaired) electrons. The van der Waals surface area contributed by atoms with Gasteiger partial charge < -0.3 is 14.2 Å². The van der Waals surface area contributed by atoms with Gasteiger partial charge in [-0.25, -0.2) is 0 Å². The van der Waals surface area contributed by atoms with Crippen LogP contribution in [-0.4, -0.2) is 31.4 Å². The standard InChI is InChI=1S/C21H30O4/c1-16-13-18(11-8-12-24-20(22)21(2,3)4)25-19(16)15-23-14-17-9-6-5-7-10-17/h5-7,9-10,18-19H,1,8,11-15H2,2-4H3/t18-,19-/m0/s1. The molecule has 0 bridgehead atoms. The lowest BCUT2D eigenvalue weighted by molar-refractivity contribution is -0.153. The van der Waals surface area contributed by atoms with Crippen LogP contribution in [0.1, 0.15) is 45.6 Å². The van der Waals surface area contributed by atoms with Crippen LogP contribution in [0.2, 0.25) is 0 Å². The summed E-state index contributed by atoms with van der Waals surface area (Å²) >= 11 is 0. The number of benzene rings is 1. The van der Waals surface area contributed by atoms with E-state index in [0.717, 1.165) is 30.4 Å². The average Bonchev–Trinajstić information content (AvgIpc) is 2.91. The highest BCUT2D eigenvalue weighted by Gasteiger charge is 2.29. The van der Waals surface area contributed by atoms with Crippen molar-refractivity contribution in [2.45, 2.75) is 58.8 Å². The van der Waals surface area contributed by atoms with Gasteiger partial charge in [-0.15, -0.1) is 0 Å². The molecule has 1 fully saturated rings. The predicted octanol–water partition coefficient (Wildman–Crippen LogP) is 4.29. The zero-order valence-electron chi connectivity index (χ0n) is 15.6. The first kappa shape index (κ1) is 19.7. The fourth-order valence-electron chi connectivity index (χ4n) is 2.68. The van der Waals surface area contributed by atoms with Gasteiger partial charge in [0.25, 0.3) is 0 Å². The van der Waals surface area contributed by atoms with Gasteiger partial charge in [0.05, 0.1) is 31.3 Å². The van der Waals surface area contributed by atoms with Crippen molar-refractivity contribution in [3.8, 4) is 0 Å². The number of ether oxygens (including phenoxy) is 3. The molecule has 1 aliphatic rings. The summed E-state index contributed by atoms with van der Waals surface area (Å²) in [5.74, 6) is -0.156. The molecule has 2 rings (SSSR count). The molecule has 4 nitrogen and oxygen atoms in total. The Morgan fingerprint density at radius 3 is 2.68 bits per heavy atom. The van der Waals surface area contributed by atoms with Gasteiger partial charge in [0.15, 0.2) is 0 Å². The molecule has 2 atom stereocenters. The first-order valence-corrected chi connectivity index (χ1v) is 8.98. The van der Waals surface area contributed by atoms with E-state index in [0.29, 0.717) is 19.8 Å². The topological polar surface area (TPSA) is 44.8 Å². The fourth-order valence-corrected chi connectivity index (χ4v) is 2.68. The summed E-state index contributed by atoms with van der Waals surface area (Å²) in [7, 11) is 0. The van der Waals surface area contributed by atoms with Crippen LogP contribution in [0, 0.1) is 5.41 Å². The van der Waals surface area contributed by atoms with Crippen LogP contribution in [0.5, 0.6) is 0 Å². The minimum atomic E-state index is -0.445. The highest BCUT2D eigenvalue weighted by molar-refractivity contribution is 5.75. The first-order chi connectivity index (χ1) is 11.9. The van der Waals surface area contributed by atoms with Gasteiger partial charge in [-0.1, -0.05) is 36.9 Å². The SMILES string of the molecule is C=C1C[C@H](CCCOC(=O)C(C)(C)C)O[C@H]1COCc1ccccc1. The van der Waals surface area contributed by atoms with Gasteiger partial charge in [0.1, 0.15) is 6.10 Å². The third-order valence-electron chi connectivity index (χ3n) is 4.20. The number of carbonyl (C=O) groups excluding carboxylic acids is 1. The lowest BCUT2D eigenvalue weighted by atomic mass is 9.97. The summed E-state index contributed by atoms with van der Waals surface area (Å²) in [5.41, 5.74) is 1.80. The van der Waals surface area contributed by atoms with E-state index in [9.17, 15) is 4.79 Å². The van der Waals surface area contributed by atoms with Gasteiger partial charge in [0.2, 0.25) is 0 Å². The van der Waals surface area contributed by atoms with E-state index < -0.39 is 5.41 Å². The van der Waals surface area contributed by atoms with Gasteiger partial charge in [-0.3, -0.25) is 4.79 Å². The molecule has 0 N–H and O–H groups in total. The molecule has 0 spiro atoms. The monoisotopic (exact) mass is 346 g/mol. The molecule has 0 amide bonds. The number of esters is 1. The summed E-state index contributed by atoms with van der Waals surface area (Å²) in [6.45, 7) is 11.2. The maximum atomic E-state index is 11.7. The van der Waals surface area contributed by atoms with Crippen molar-refractivity contribution in [1.82, 2.24) is 0 Å². The number of hydrogen-bond acceptors (Lipinski definition) is 4. The largest absolute Gasteiger partial charge is 0.465 e. The molecular weight excluding hydrogens is 316 g/mol. The summed E-state index contributed by atoms with van der Waals surface area (Å²) in [6, 6.07) is 10.1. The van der Waals surface area contributed by atoms with Crippen LogP contribution in [0.25, 0.3) is 0 Å².